The zero-order chi connectivity index (χ0) is 13.7. The van der Waals surface area contributed by atoms with Crippen molar-refractivity contribution in [2.45, 2.75) is 6.42 Å². The number of aromatic nitrogens is 2. The van der Waals surface area contributed by atoms with Crippen molar-refractivity contribution in [3.05, 3.63) is 40.9 Å². The largest absolute Gasteiger partial charge is 0.385 e. The first kappa shape index (κ1) is 14.0. The third-order valence-corrected chi connectivity index (χ3v) is 3.11. The van der Waals surface area contributed by atoms with Gasteiger partial charge in [-0.25, -0.2) is 9.37 Å². The second-order valence-corrected chi connectivity index (χ2v) is 4.91. The number of hydrogen-bond acceptors (Lipinski definition) is 3. The molecule has 0 saturated heterocycles. The lowest BCUT2D eigenvalue weighted by molar-refractivity contribution is 0.197. The van der Waals surface area contributed by atoms with E-state index in [0.29, 0.717) is 18.2 Å². The summed E-state index contributed by atoms with van der Waals surface area (Å²) in [4.78, 5) is 4.19. The van der Waals surface area contributed by atoms with Gasteiger partial charge in [0.05, 0.1) is 5.69 Å². The zero-order valence-electron chi connectivity index (χ0n) is 10.6. The summed E-state index contributed by atoms with van der Waals surface area (Å²) in [6.45, 7) is 1.40. The van der Waals surface area contributed by atoms with Crippen LogP contribution in [-0.4, -0.2) is 29.8 Å². The maximum atomic E-state index is 13.8. The van der Waals surface area contributed by atoms with Crippen molar-refractivity contribution in [1.29, 1.82) is 0 Å². The SMILES string of the molecule is COCCCNc1nccn1-c1cc(Br)ccc1F. The first-order chi connectivity index (χ1) is 9.22. The number of halogens is 2. The van der Waals surface area contributed by atoms with Crippen molar-refractivity contribution >= 4 is 21.9 Å². The first-order valence-corrected chi connectivity index (χ1v) is 6.73. The molecule has 6 heteroatoms. The molecule has 0 aliphatic heterocycles. The molecule has 0 aliphatic rings. The average molecular weight is 328 g/mol. The molecule has 0 atom stereocenters. The number of imidazole rings is 1. The highest BCUT2D eigenvalue weighted by Gasteiger charge is 2.09. The summed E-state index contributed by atoms with van der Waals surface area (Å²) >= 11 is 3.34. The Labute approximate surface area is 119 Å². The topological polar surface area (TPSA) is 39.1 Å². The lowest BCUT2D eigenvalue weighted by Gasteiger charge is -2.10. The molecule has 2 aromatic rings. The molecule has 2 rings (SSSR count). The van der Waals surface area contributed by atoms with Gasteiger partial charge in [-0.05, 0) is 24.6 Å². The quantitative estimate of drug-likeness (QED) is 0.828. The van der Waals surface area contributed by atoms with Crippen molar-refractivity contribution in [2.24, 2.45) is 0 Å². The van der Waals surface area contributed by atoms with Crippen molar-refractivity contribution in [3.8, 4) is 5.69 Å². The zero-order valence-corrected chi connectivity index (χ0v) is 12.2. The highest BCUT2D eigenvalue weighted by Crippen LogP contribution is 2.22. The Hall–Kier alpha value is -1.40. The molecule has 19 heavy (non-hydrogen) atoms. The molecular weight excluding hydrogens is 313 g/mol. The number of benzene rings is 1. The van der Waals surface area contributed by atoms with Gasteiger partial charge in [-0.1, -0.05) is 15.9 Å². The fourth-order valence-corrected chi connectivity index (χ4v) is 2.06. The average Bonchev–Trinajstić information content (AvgIpc) is 2.86. The summed E-state index contributed by atoms with van der Waals surface area (Å²) in [6.07, 6.45) is 4.23. The molecule has 1 N–H and O–H groups in total. The summed E-state index contributed by atoms with van der Waals surface area (Å²) in [5.41, 5.74) is 0.459. The van der Waals surface area contributed by atoms with Crippen LogP contribution in [0.5, 0.6) is 0 Å². The van der Waals surface area contributed by atoms with E-state index < -0.39 is 0 Å². The number of methoxy groups -OCH3 is 1. The molecular formula is C13H15BrFN3O. The maximum absolute atomic E-state index is 13.8. The van der Waals surface area contributed by atoms with E-state index in [4.69, 9.17) is 4.74 Å². The highest BCUT2D eigenvalue weighted by atomic mass is 79.9. The molecule has 0 aliphatic carbocycles. The fourth-order valence-electron chi connectivity index (χ4n) is 1.72. The molecule has 0 unspecified atom stereocenters. The fraction of sp³-hybridized carbons (Fsp3) is 0.308. The monoisotopic (exact) mass is 327 g/mol. The predicted molar refractivity (Wildman–Crippen MR) is 76.2 cm³/mol. The number of nitrogens with zero attached hydrogens (tertiary/aromatic N) is 2. The molecule has 0 radical (unpaired) electrons. The maximum Gasteiger partial charge on any atom is 0.207 e. The van der Waals surface area contributed by atoms with Crippen LogP contribution in [0.25, 0.3) is 5.69 Å². The van der Waals surface area contributed by atoms with Gasteiger partial charge < -0.3 is 10.1 Å². The van der Waals surface area contributed by atoms with Crippen molar-refractivity contribution in [3.63, 3.8) is 0 Å². The minimum absolute atomic E-state index is 0.291. The molecule has 1 heterocycles. The Morgan fingerprint density at radius 2 is 2.32 bits per heavy atom. The molecule has 0 saturated carbocycles. The van der Waals surface area contributed by atoms with Crippen LogP contribution in [0, 0.1) is 5.82 Å². The Kier molecular flexibility index (Phi) is 4.93. The first-order valence-electron chi connectivity index (χ1n) is 5.94. The van der Waals surface area contributed by atoms with Crippen LogP contribution in [-0.2, 0) is 4.74 Å². The molecule has 0 amide bonds. The van der Waals surface area contributed by atoms with Crippen LogP contribution in [0.1, 0.15) is 6.42 Å². The van der Waals surface area contributed by atoms with Gasteiger partial charge in [0.15, 0.2) is 0 Å². The lowest BCUT2D eigenvalue weighted by Crippen LogP contribution is -2.10. The number of hydrogen-bond donors (Lipinski definition) is 1. The van der Waals surface area contributed by atoms with Gasteiger partial charge in [-0.3, -0.25) is 4.57 Å². The number of anilines is 1. The number of nitrogens with one attached hydrogen (secondary N) is 1. The van der Waals surface area contributed by atoms with Crippen LogP contribution in [0.3, 0.4) is 0 Å². The summed E-state index contributed by atoms with van der Waals surface area (Å²) < 4.78 is 21.3. The van der Waals surface area contributed by atoms with Crippen LogP contribution in [0.2, 0.25) is 0 Å². The molecule has 0 bridgehead atoms. The predicted octanol–water partition coefficient (Wildman–Crippen LogP) is 3.22. The van der Waals surface area contributed by atoms with Gasteiger partial charge in [-0.2, -0.15) is 0 Å². The molecule has 1 aromatic carbocycles. The van der Waals surface area contributed by atoms with Crippen molar-refractivity contribution < 1.29 is 9.13 Å². The van der Waals surface area contributed by atoms with E-state index in [9.17, 15) is 4.39 Å². The molecule has 0 spiro atoms. The lowest BCUT2D eigenvalue weighted by atomic mass is 10.3. The second-order valence-electron chi connectivity index (χ2n) is 3.99. The number of rotatable bonds is 6. The summed E-state index contributed by atoms with van der Waals surface area (Å²) in [5.74, 6) is 0.328. The van der Waals surface area contributed by atoms with Gasteiger partial charge in [0, 0.05) is 37.1 Å². The van der Waals surface area contributed by atoms with E-state index in [0.717, 1.165) is 17.4 Å². The molecule has 0 fully saturated rings. The van der Waals surface area contributed by atoms with E-state index in [1.807, 2.05) is 0 Å². The van der Waals surface area contributed by atoms with Crippen molar-refractivity contribution in [2.75, 3.05) is 25.6 Å². The van der Waals surface area contributed by atoms with Gasteiger partial charge in [0.25, 0.3) is 0 Å². The molecule has 1 aromatic heterocycles. The van der Waals surface area contributed by atoms with E-state index in [2.05, 4.69) is 26.2 Å². The van der Waals surface area contributed by atoms with Crippen LogP contribution in [0.15, 0.2) is 35.1 Å². The van der Waals surface area contributed by atoms with E-state index in [-0.39, 0.29) is 5.82 Å². The minimum Gasteiger partial charge on any atom is -0.385 e. The smallest absolute Gasteiger partial charge is 0.207 e. The Morgan fingerprint density at radius 3 is 3.11 bits per heavy atom. The Balaban J connectivity index is 2.16. The van der Waals surface area contributed by atoms with Crippen LogP contribution in [0.4, 0.5) is 10.3 Å². The van der Waals surface area contributed by atoms with Crippen molar-refractivity contribution in [1.82, 2.24) is 9.55 Å². The van der Waals surface area contributed by atoms with Gasteiger partial charge in [0.2, 0.25) is 5.95 Å². The Bertz CT molecular complexity index is 544. The van der Waals surface area contributed by atoms with Crippen LogP contribution >= 0.6 is 15.9 Å². The third kappa shape index (κ3) is 3.54. The summed E-state index contributed by atoms with van der Waals surface area (Å²) in [6, 6.07) is 4.81. The van der Waals surface area contributed by atoms with Gasteiger partial charge in [0.1, 0.15) is 5.82 Å². The third-order valence-electron chi connectivity index (χ3n) is 2.62. The minimum atomic E-state index is -0.291. The van der Waals surface area contributed by atoms with E-state index >= 15 is 0 Å². The standard InChI is InChI=1S/C13H15BrFN3O/c1-19-8-2-5-16-13-17-6-7-18(13)12-9-10(14)3-4-11(12)15/h3-4,6-7,9H,2,5,8H2,1H3,(H,16,17). The summed E-state index contributed by atoms with van der Waals surface area (Å²) in [5, 5.41) is 3.16. The molecule has 102 valence electrons. The van der Waals surface area contributed by atoms with E-state index in [1.165, 1.54) is 6.07 Å². The van der Waals surface area contributed by atoms with Crippen LogP contribution < -0.4 is 5.32 Å². The van der Waals surface area contributed by atoms with Gasteiger partial charge >= 0.3 is 0 Å². The normalized spacial score (nSPS) is 10.7. The Morgan fingerprint density at radius 1 is 1.47 bits per heavy atom. The second kappa shape index (κ2) is 6.68. The number of ether oxygens (including phenoxy) is 1. The van der Waals surface area contributed by atoms with E-state index in [1.54, 1.807) is 36.2 Å². The summed E-state index contributed by atoms with van der Waals surface area (Å²) in [7, 11) is 1.66. The highest BCUT2D eigenvalue weighted by molar-refractivity contribution is 9.10. The molecule has 4 nitrogen and oxygen atoms in total. The van der Waals surface area contributed by atoms with Gasteiger partial charge in [-0.15, -0.1) is 0 Å².